The molecule has 1 fully saturated rings. The van der Waals surface area contributed by atoms with Crippen LogP contribution in [0.25, 0.3) is 0 Å². The number of aliphatic imine (C=N–C) groups is 1. The van der Waals surface area contributed by atoms with Gasteiger partial charge in [-0.3, -0.25) is 4.99 Å². The minimum atomic E-state index is 0.552. The lowest BCUT2D eigenvalue weighted by molar-refractivity contribution is 0.171. The van der Waals surface area contributed by atoms with Crippen LogP contribution in [0.1, 0.15) is 18.4 Å². The topological polar surface area (TPSA) is 54.9 Å². The Hall–Kier alpha value is -1.62. The third-order valence-electron chi connectivity index (χ3n) is 3.50. The Morgan fingerprint density at radius 3 is 2.90 bits per heavy atom. The highest BCUT2D eigenvalue weighted by Crippen LogP contribution is 2.38. The molecule has 2 aliphatic rings. The van der Waals surface area contributed by atoms with Crippen molar-refractivity contribution in [2.24, 2.45) is 4.99 Å². The van der Waals surface area contributed by atoms with E-state index in [1.54, 1.807) is 7.05 Å². The predicted octanol–water partition coefficient (Wildman–Crippen LogP) is 1.98. The van der Waals surface area contributed by atoms with Crippen LogP contribution in [0.4, 0.5) is 0 Å². The van der Waals surface area contributed by atoms with Gasteiger partial charge in [-0.1, -0.05) is 11.6 Å². The summed E-state index contributed by atoms with van der Waals surface area (Å²) in [5.41, 5.74) is 1.12. The SMILES string of the molecule is CN=C(NCCc1cc(Cl)c2c(c1)OCCO2)NC1CC1. The molecule has 5 nitrogen and oxygen atoms in total. The van der Waals surface area contributed by atoms with Crippen molar-refractivity contribution in [3.05, 3.63) is 22.7 Å². The van der Waals surface area contributed by atoms with E-state index in [0.717, 1.165) is 30.2 Å². The lowest BCUT2D eigenvalue weighted by Gasteiger charge is -2.20. The number of guanidine groups is 1. The molecule has 6 heteroatoms. The van der Waals surface area contributed by atoms with E-state index in [0.29, 0.717) is 30.0 Å². The Balaban J connectivity index is 1.56. The Kier molecular flexibility index (Phi) is 4.39. The molecule has 0 spiro atoms. The quantitative estimate of drug-likeness (QED) is 0.659. The number of ether oxygens (including phenoxy) is 2. The minimum absolute atomic E-state index is 0.552. The molecule has 0 amide bonds. The van der Waals surface area contributed by atoms with E-state index in [9.17, 15) is 0 Å². The Morgan fingerprint density at radius 2 is 2.14 bits per heavy atom. The van der Waals surface area contributed by atoms with Crippen molar-refractivity contribution in [1.82, 2.24) is 10.6 Å². The van der Waals surface area contributed by atoms with E-state index in [4.69, 9.17) is 21.1 Å². The molecule has 1 heterocycles. The Labute approximate surface area is 129 Å². The molecule has 1 aliphatic heterocycles. The molecular weight excluding hydrogens is 290 g/mol. The van der Waals surface area contributed by atoms with Crippen LogP contribution in [0.15, 0.2) is 17.1 Å². The largest absolute Gasteiger partial charge is 0.486 e. The molecule has 1 aromatic carbocycles. The first kappa shape index (κ1) is 14.3. The van der Waals surface area contributed by atoms with Gasteiger partial charge in [-0.2, -0.15) is 0 Å². The van der Waals surface area contributed by atoms with Crippen molar-refractivity contribution in [2.75, 3.05) is 26.8 Å². The van der Waals surface area contributed by atoms with Crippen LogP contribution < -0.4 is 20.1 Å². The number of benzene rings is 1. The molecule has 1 aliphatic carbocycles. The summed E-state index contributed by atoms with van der Waals surface area (Å²) in [5.74, 6) is 2.26. The monoisotopic (exact) mass is 309 g/mol. The fourth-order valence-electron chi connectivity index (χ4n) is 2.25. The smallest absolute Gasteiger partial charge is 0.191 e. The number of nitrogens with one attached hydrogen (secondary N) is 2. The first-order valence-corrected chi connectivity index (χ1v) is 7.69. The molecular formula is C15H20ClN3O2. The van der Waals surface area contributed by atoms with Gasteiger partial charge in [0.15, 0.2) is 17.5 Å². The van der Waals surface area contributed by atoms with Crippen molar-refractivity contribution >= 4 is 17.6 Å². The summed E-state index contributed by atoms with van der Waals surface area (Å²) in [6, 6.07) is 4.53. The first-order valence-electron chi connectivity index (χ1n) is 7.31. The van der Waals surface area contributed by atoms with Gasteiger partial charge < -0.3 is 20.1 Å². The Morgan fingerprint density at radius 1 is 1.33 bits per heavy atom. The minimum Gasteiger partial charge on any atom is -0.486 e. The van der Waals surface area contributed by atoms with Gasteiger partial charge in [0.05, 0.1) is 5.02 Å². The summed E-state index contributed by atoms with van der Waals surface area (Å²) in [5, 5.41) is 7.28. The zero-order valence-electron chi connectivity index (χ0n) is 12.1. The number of hydrogen-bond donors (Lipinski definition) is 2. The number of fused-ring (bicyclic) bond motifs is 1. The van der Waals surface area contributed by atoms with Gasteiger partial charge in [-0.05, 0) is 37.0 Å². The van der Waals surface area contributed by atoms with Gasteiger partial charge in [0, 0.05) is 19.6 Å². The first-order chi connectivity index (χ1) is 10.3. The van der Waals surface area contributed by atoms with Gasteiger partial charge in [0.25, 0.3) is 0 Å². The second kappa shape index (κ2) is 6.43. The molecule has 2 N–H and O–H groups in total. The van der Waals surface area contributed by atoms with Crippen LogP contribution in [-0.2, 0) is 6.42 Å². The van der Waals surface area contributed by atoms with Gasteiger partial charge >= 0.3 is 0 Å². The summed E-state index contributed by atoms with van der Waals surface area (Å²) in [7, 11) is 1.79. The third kappa shape index (κ3) is 3.73. The molecule has 1 saturated carbocycles. The fourth-order valence-corrected chi connectivity index (χ4v) is 2.54. The summed E-state index contributed by atoms with van der Waals surface area (Å²) >= 11 is 6.23. The predicted molar refractivity (Wildman–Crippen MR) is 83.7 cm³/mol. The standard InChI is InChI=1S/C15H20ClN3O2/c1-17-15(19-11-2-3-11)18-5-4-10-8-12(16)14-13(9-10)20-6-7-21-14/h8-9,11H,2-7H2,1H3,(H2,17,18,19). The van der Waals surface area contributed by atoms with Crippen LogP contribution in [0.5, 0.6) is 11.5 Å². The maximum Gasteiger partial charge on any atom is 0.191 e. The highest BCUT2D eigenvalue weighted by Gasteiger charge is 2.22. The molecule has 3 rings (SSSR count). The van der Waals surface area contributed by atoms with E-state index in [1.807, 2.05) is 12.1 Å². The zero-order valence-corrected chi connectivity index (χ0v) is 12.9. The summed E-state index contributed by atoms with van der Waals surface area (Å²) < 4.78 is 11.1. The van der Waals surface area contributed by atoms with Crippen molar-refractivity contribution in [2.45, 2.75) is 25.3 Å². The maximum atomic E-state index is 6.23. The van der Waals surface area contributed by atoms with E-state index >= 15 is 0 Å². The van der Waals surface area contributed by atoms with Crippen molar-refractivity contribution in [1.29, 1.82) is 0 Å². The highest BCUT2D eigenvalue weighted by molar-refractivity contribution is 6.32. The second-order valence-electron chi connectivity index (χ2n) is 5.27. The maximum absolute atomic E-state index is 6.23. The van der Waals surface area contributed by atoms with Crippen molar-refractivity contribution in [3.8, 4) is 11.5 Å². The lowest BCUT2D eigenvalue weighted by atomic mass is 10.1. The van der Waals surface area contributed by atoms with Crippen LogP contribution in [0.3, 0.4) is 0 Å². The highest BCUT2D eigenvalue weighted by atomic mass is 35.5. The molecule has 21 heavy (non-hydrogen) atoms. The van der Waals surface area contributed by atoms with E-state index in [1.165, 1.54) is 12.8 Å². The van der Waals surface area contributed by atoms with E-state index < -0.39 is 0 Å². The van der Waals surface area contributed by atoms with Crippen LogP contribution in [0, 0.1) is 0 Å². The number of halogens is 1. The fraction of sp³-hybridized carbons (Fsp3) is 0.533. The van der Waals surface area contributed by atoms with Gasteiger partial charge in [-0.25, -0.2) is 0 Å². The molecule has 114 valence electrons. The van der Waals surface area contributed by atoms with Gasteiger partial charge in [-0.15, -0.1) is 0 Å². The average molecular weight is 310 g/mol. The molecule has 0 saturated heterocycles. The van der Waals surface area contributed by atoms with E-state index in [2.05, 4.69) is 15.6 Å². The Bertz CT molecular complexity index is 544. The number of hydrogen-bond acceptors (Lipinski definition) is 3. The van der Waals surface area contributed by atoms with Crippen molar-refractivity contribution in [3.63, 3.8) is 0 Å². The van der Waals surface area contributed by atoms with Crippen LogP contribution in [0.2, 0.25) is 5.02 Å². The second-order valence-corrected chi connectivity index (χ2v) is 5.68. The zero-order chi connectivity index (χ0) is 14.7. The molecule has 0 aromatic heterocycles. The molecule has 0 unspecified atom stereocenters. The number of rotatable bonds is 4. The molecule has 0 atom stereocenters. The lowest BCUT2D eigenvalue weighted by Crippen LogP contribution is -2.39. The van der Waals surface area contributed by atoms with Crippen LogP contribution in [-0.4, -0.2) is 38.8 Å². The normalized spacial score (nSPS) is 17.5. The van der Waals surface area contributed by atoms with E-state index in [-0.39, 0.29) is 0 Å². The average Bonchev–Trinajstić information content (AvgIpc) is 3.30. The molecule has 0 bridgehead atoms. The van der Waals surface area contributed by atoms with Crippen LogP contribution >= 0.6 is 11.6 Å². The molecule has 1 aromatic rings. The molecule has 0 radical (unpaired) electrons. The summed E-state index contributed by atoms with van der Waals surface area (Å²) in [6.07, 6.45) is 3.32. The number of nitrogens with zero attached hydrogens (tertiary/aromatic N) is 1. The summed E-state index contributed by atoms with van der Waals surface area (Å²) in [4.78, 5) is 4.21. The summed E-state index contributed by atoms with van der Waals surface area (Å²) in [6.45, 7) is 1.92. The van der Waals surface area contributed by atoms with Crippen molar-refractivity contribution < 1.29 is 9.47 Å². The third-order valence-corrected chi connectivity index (χ3v) is 3.79. The van der Waals surface area contributed by atoms with Gasteiger partial charge in [0.1, 0.15) is 13.2 Å². The van der Waals surface area contributed by atoms with Gasteiger partial charge in [0.2, 0.25) is 0 Å².